The highest BCUT2D eigenvalue weighted by molar-refractivity contribution is 7.14. The maximum absolute atomic E-state index is 13.9. The number of carbonyl (C=O) groups is 3. The predicted molar refractivity (Wildman–Crippen MR) is 161 cm³/mol. The van der Waals surface area contributed by atoms with Gasteiger partial charge in [-0.3, -0.25) is 29.4 Å². The summed E-state index contributed by atoms with van der Waals surface area (Å²) in [6.07, 6.45) is 0.0451. The number of aromatic nitrogens is 1. The molecule has 0 bridgehead atoms. The second-order valence-electron chi connectivity index (χ2n) is 11.4. The number of non-ortho nitro benzene ring substituents is 1. The number of phenols is 1. The van der Waals surface area contributed by atoms with Gasteiger partial charge in [-0.25, -0.2) is 4.98 Å². The van der Waals surface area contributed by atoms with E-state index in [2.05, 4.69) is 10.3 Å². The number of nitrogens with zero attached hydrogens (tertiary/aromatic N) is 3. The van der Waals surface area contributed by atoms with Crippen molar-refractivity contribution in [1.82, 2.24) is 9.88 Å². The number of aromatic hydroxyl groups is 1. The molecule has 3 aromatic rings. The Kier molecular flexibility index (Phi) is 6.99. The summed E-state index contributed by atoms with van der Waals surface area (Å²) in [6.45, 7) is 0. The van der Waals surface area contributed by atoms with Crippen LogP contribution in [0.3, 0.4) is 0 Å². The quantitative estimate of drug-likeness (QED) is 0.0996. The van der Waals surface area contributed by atoms with E-state index in [9.17, 15) is 44.9 Å². The van der Waals surface area contributed by atoms with Gasteiger partial charge in [0.05, 0.1) is 22.2 Å². The molecule has 0 aliphatic heterocycles. The number of aliphatic hydroxyl groups is 3. The number of fused-ring (bicyclic) bond motifs is 3. The number of anilines is 2. The number of Topliss-reactive ketones (excluding diaryl/α,β-unsaturated/α-hetero) is 2. The zero-order chi connectivity index (χ0) is 32.5. The molecule has 1 amide bonds. The normalized spacial score (nSPS) is 24.3. The van der Waals surface area contributed by atoms with Crippen LogP contribution in [0, 0.1) is 22.0 Å². The fourth-order valence-electron chi connectivity index (χ4n) is 6.73. The maximum atomic E-state index is 13.9. The molecule has 0 radical (unpaired) electrons. The van der Waals surface area contributed by atoms with Crippen molar-refractivity contribution in [3.05, 3.63) is 85.7 Å². The number of likely N-dealkylation sites (N-methyl/N-ethyl adjacent to an activating group) is 1. The van der Waals surface area contributed by atoms with Crippen LogP contribution in [0.1, 0.15) is 22.3 Å². The zero-order valence-corrected chi connectivity index (χ0v) is 24.7. The van der Waals surface area contributed by atoms with Crippen LogP contribution in [0.15, 0.2) is 64.4 Å². The number of nitro benzene ring substituents is 1. The van der Waals surface area contributed by atoms with Gasteiger partial charge in [-0.2, -0.15) is 0 Å². The molecule has 232 valence electrons. The second-order valence-corrected chi connectivity index (χ2v) is 12.3. The fourth-order valence-corrected chi connectivity index (χ4v) is 7.46. The number of thiazole rings is 1. The molecule has 0 fully saturated rings. The van der Waals surface area contributed by atoms with E-state index in [0.29, 0.717) is 27.6 Å². The van der Waals surface area contributed by atoms with Gasteiger partial charge in [0.15, 0.2) is 16.5 Å². The molecule has 1 aromatic heterocycles. The number of amides is 1. The standard InChI is InChI=1S/C30H27N5O9S/c1-34(2)23-16-10-13-9-15-17(32-29-33-18(11-45-29)12-4-3-5-14(8-12)35(43)44)6-7-19(36)21(15)24(37)20(13)26(39)30(16,42)27(40)22(25(23)38)28(31)41/h3-8,11,13,16,23,36,38-39,42H,9-10H2,1-2H3,(H2,31,41)(H,32,33)/t13-,16-,23-,30-/m0/s1. The predicted octanol–water partition coefficient (Wildman–Crippen LogP) is 2.90. The van der Waals surface area contributed by atoms with Gasteiger partial charge in [0.25, 0.3) is 11.6 Å². The molecule has 0 saturated heterocycles. The number of carbonyl (C=O) groups excluding carboxylic acids is 3. The van der Waals surface area contributed by atoms with Gasteiger partial charge in [0.1, 0.15) is 22.8 Å². The van der Waals surface area contributed by atoms with E-state index in [1.54, 1.807) is 37.7 Å². The molecule has 1 heterocycles. The molecule has 3 aliphatic carbocycles. The third-order valence-corrected chi connectivity index (χ3v) is 9.46. The van der Waals surface area contributed by atoms with Gasteiger partial charge in [0, 0.05) is 40.3 Å². The van der Waals surface area contributed by atoms with Crippen molar-refractivity contribution in [2.75, 3.05) is 19.4 Å². The minimum atomic E-state index is -2.72. The number of hydrogen-bond donors (Lipinski definition) is 6. The lowest BCUT2D eigenvalue weighted by molar-refractivity contribution is -0.384. The van der Waals surface area contributed by atoms with Crippen LogP contribution in [0.5, 0.6) is 5.75 Å². The van der Waals surface area contributed by atoms with Gasteiger partial charge in [0.2, 0.25) is 5.78 Å². The summed E-state index contributed by atoms with van der Waals surface area (Å²) >= 11 is 1.22. The average molecular weight is 634 g/mol. The molecule has 15 heteroatoms. The number of benzene rings is 2. The lowest BCUT2D eigenvalue weighted by Gasteiger charge is -2.50. The Morgan fingerprint density at radius 2 is 1.93 bits per heavy atom. The van der Waals surface area contributed by atoms with Crippen LogP contribution in [0.4, 0.5) is 16.5 Å². The van der Waals surface area contributed by atoms with Crippen molar-refractivity contribution in [2.24, 2.45) is 17.6 Å². The number of allylic oxidation sites excluding steroid dienone is 1. The molecular formula is C30H27N5O9S. The Morgan fingerprint density at radius 3 is 2.60 bits per heavy atom. The summed E-state index contributed by atoms with van der Waals surface area (Å²) in [5, 5.41) is 61.3. The molecule has 7 N–H and O–H groups in total. The van der Waals surface area contributed by atoms with Crippen molar-refractivity contribution in [2.45, 2.75) is 24.5 Å². The summed E-state index contributed by atoms with van der Waals surface area (Å²) in [7, 11) is 3.12. The summed E-state index contributed by atoms with van der Waals surface area (Å²) in [4.78, 5) is 56.2. The number of aliphatic hydroxyl groups excluding tert-OH is 2. The summed E-state index contributed by atoms with van der Waals surface area (Å²) in [5.74, 6) is -7.26. The Hall–Kier alpha value is -5.12. The van der Waals surface area contributed by atoms with Crippen molar-refractivity contribution >= 4 is 45.3 Å². The molecule has 2 aromatic carbocycles. The van der Waals surface area contributed by atoms with E-state index < -0.39 is 63.0 Å². The Labute approximate surface area is 258 Å². The fraction of sp³-hybridized carbons (Fsp3) is 0.267. The van der Waals surface area contributed by atoms with Gasteiger partial charge < -0.3 is 31.5 Å². The van der Waals surface area contributed by atoms with Crippen molar-refractivity contribution < 1.29 is 39.7 Å². The number of nitrogens with one attached hydrogen (secondary N) is 1. The van der Waals surface area contributed by atoms with E-state index in [1.807, 2.05) is 0 Å². The molecule has 0 unspecified atom stereocenters. The Balaban J connectivity index is 1.40. The lowest BCUT2D eigenvalue weighted by atomic mass is 9.58. The smallest absolute Gasteiger partial charge is 0.270 e. The number of ketones is 2. The van der Waals surface area contributed by atoms with Crippen LogP contribution in [0.2, 0.25) is 0 Å². The average Bonchev–Trinajstić information content (AvgIpc) is 3.45. The van der Waals surface area contributed by atoms with Crippen LogP contribution < -0.4 is 11.1 Å². The highest BCUT2D eigenvalue weighted by Gasteiger charge is 2.63. The molecule has 6 rings (SSSR count). The van der Waals surface area contributed by atoms with E-state index >= 15 is 0 Å². The largest absolute Gasteiger partial charge is 0.510 e. The van der Waals surface area contributed by atoms with Gasteiger partial charge in [-0.05, 0) is 50.6 Å². The van der Waals surface area contributed by atoms with Crippen molar-refractivity contribution in [1.29, 1.82) is 0 Å². The summed E-state index contributed by atoms with van der Waals surface area (Å²) < 4.78 is 0. The van der Waals surface area contributed by atoms with Gasteiger partial charge >= 0.3 is 0 Å². The Bertz CT molecular complexity index is 1900. The molecular weight excluding hydrogens is 606 g/mol. The van der Waals surface area contributed by atoms with Gasteiger partial charge in [-0.1, -0.05) is 12.1 Å². The minimum Gasteiger partial charge on any atom is -0.510 e. The van der Waals surface area contributed by atoms with Crippen molar-refractivity contribution in [3.63, 3.8) is 0 Å². The number of rotatable bonds is 6. The number of phenolic OH excluding ortho intramolecular Hbond substituents is 1. The van der Waals surface area contributed by atoms with Crippen LogP contribution in [0.25, 0.3) is 11.3 Å². The van der Waals surface area contributed by atoms with E-state index in [1.165, 1.54) is 34.4 Å². The van der Waals surface area contributed by atoms with E-state index in [0.717, 1.165) is 0 Å². The highest BCUT2D eigenvalue weighted by Crippen LogP contribution is 2.53. The number of nitrogens with two attached hydrogens (primary N) is 1. The van der Waals surface area contributed by atoms with Crippen molar-refractivity contribution in [3.8, 4) is 17.0 Å². The Morgan fingerprint density at radius 1 is 1.20 bits per heavy atom. The molecule has 4 atom stereocenters. The number of hydrogen-bond acceptors (Lipinski definition) is 13. The summed E-state index contributed by atoms with van der Waals surface area (Å²) in [5.41, 5.74) is 3.14. The third-order valence-electron chi connectivity index (χ3n) is 8.70. The molecule has 45 heavy (non-hydrogen) atoms. The molecule has 14 nitrogen and oxygen atoms in total. The third kappa shape index (κ3) is 4.46. The molecule has 0 spiro atoms. The zero-order valence-electron chi connectivity index (χ0n) is 23.8. The van der Waals surface area contributed by atoms with E-state index in [-0.39, 0.29) is 35.4 Å². The summed E-state index contributed by atoms with van der Waals surface area (Å²) in [6, 6.07) is 7.77. The molecule has 0 saturated carbocycles. The molecule has 3 aliphatic rings. The maximum Gasteiger partial charge on any atom is 0.270 e. The lowest BCUT2D eigenvalue weighted by Crippen LogP contribution is -2.63. The first kappa shape index (κ1) is 29.9. The monoisotopic (exact) mass is 633 g/mol. The SMILES string of the molecule is CN(C)[C@@H]1C(O)=C(C(N)=O)C(=O)[C@@]2(O)C(O)=C3C(=O)c4c(O)ccc(Nc5nc(-c6cccc([N+](=O)[O-])c6)cs5)c4C[C@H]3C[C@@H]12. The second kappa shape index (κ2) is 10.5. The first-order valence-corrected chi connectivity index (χ1v) is 14.6. The van der Waals surface area contributed by atoms with E-state index in [4.69, 9.17) is 5.73 Å². The highest BCUT2D eigenvalue weighted by atomic mass is 32.1. The van der Waals surface area contributed by atoms with Crippen LogP contribution >= 0.6 is 11.3 Å². The number of nitro groups is 1. The van der Waals surface area contributed by atoms with Crippen LogP contribution in [-0.2, 0) is 16.0 Å². The van der Waals surface area contributed by atoms with Gasteiger partial charge in [-0.15, -0.1) is 11.3 Å². The first-order chi connectivity index (χ1) is 21.2. The van der Waals surface area contributed by atoms with Crippen LogP contribution in [-0.4, -0.2) is 78.4 Å². The number of primary amides is 1. The first-order valence-electron chi connectivity index (χ1n) is 13.7. The topological polar surface area (TPSA) is 229 Å². The minimum absolute atomic E-state index is 0.0466.